The van der Waals surface area contributed by atoms with Crippen LogP contribution in [0.25, 0.3) is 0 Å². The predicted molar refractivity (Wildman–Crippen MR) is 72.1 cm³/mol. The first-order chi connectivity index (χ1) is 9.92. The molecule has 0 atom stereocenters. The summed E-state index contributed by atoms with van der Waals surface area (Å²) < 4.78 is 28.8. The summed E-state index contributed by atoms with van der Waals surface area (Å²) in [7, 11) is -4.05. The second-order valence-corrected chi connectivity index (χ2v) is 5.47. The van der Waals surface area contributed by atoms with E-state index in [-0.39, 0.29) is 16.3 Å². The zero-order valence-corrected chi connectivity index (χ0v) is 11.3. The molecule has 0 amide bonds. The molecule has 8 heteroatoms. The van der Waals surface area contributed by atoms with E-state index in [9.17, 15) is 18.5 Å². The normalized spacial score (nSPS) is 10.6. The smallest absolute Gasteiger partial charge is 0.339 e. The molecule has 0 aromatic heterocycles. The Hall–Kier alpha value is -2.92. The van der Waals surface area contributed by atoms with Crippen LogP contribution in [0.2, 0.25) is 0 Å². The lowest BCUT2D eigenvalue weighted by atomic mass is 10.2. The van der Waals surface area contributed by atoms with E-state index in [2.05, 4.69) is 0 Å². The first-order valence-corrected chi connectivity index (χ1v) is 7.02. The molecule has 2 aromatic rings. The Morgan fingerprint density at radius 3 is 2.10 bits per heavy atom. The number of nitro benzene ring substituents is 1. The summed E-state index contributed by atoms with van der Waals surface area (Å²) in [5.74, 6) is -0.0371. The molecular weight excluding hydrogens is 296 g/mol. The highest BCUT2D eigenvalue weighted by atomic mass is 32.2. The summed E-state index contributed by atoms with van der Waals surface area (Å²) in [5, 5.41) is 19.2. The summed E-state index contributed by atoms with van der Waals surface area (Å²) in [6.07, 6.45) is 0. The van der Waals surface area contributed by atoms with Crippen molar-refractivity contribution >= 4 is 15.8 Å². The van der Waals surface area contributed by atoms with Crippen molar-refractivity contribution in [3.63, 3.8) is 0 Å². The van der Waals surface area contributed by atoms with Crippen LogP contribution in [0.4, 0.5) is 5.69 Å². The third-order valence-corrected chi connectivity index (χ3v) is 3.79. The highest BCUT2D eigenvalue weighted by Crippen LogP contribution is 2.21. The van der Waals surface area contributed by atoms with Crippen LogP contribution < -0.4 is 4.18 Å². The van der Waals surface area contributed by atoms with Crippen molar-refractivity contribution in [2.75, 3.05) is 0 Å². The Kier molecular flexibility index (Phi) is 3.86. The lowest BCUT2D eigenvalue weighted by Crippen LogP contribution is -2.09. The number of nitrogens with zero attached hydrogens (tertiary/aromatic N) is 2. The van der Waals surface area contributed by atoms with Gasteiger partial charge in [-0.25, -0.2) is 0 Å². The van der Waals surface area contributed by atoms with Crippen LogP contribution in [-0.2, 0) is 10.1 Å². The molecule has 106 valence electrons. The van der Waals surface area contributed by atoms with Gasteiger partial charge in [0, 0.05) is 12.1 Å². The quantitative estimate of drug-likeness (QED) is 0.486. The van der Waals surface area contributed by atoms with Gasteiger partial charge in [0.25, 0.3) is 5.69 Å². The molecule has 0 saturated carbocycles. The minimum Gasteiger partial charge on any atom is -0.379 e. The molecule has 0 spiro atoms. The summed E-state index contributed by atoms with van der Waals surface area (Å²) in [4.78, 5) is 9.79. The number of nitro groups is 1. The van der Waals surface area contributed by atoms with Crippen LogP contribution in [-0.4, -0.2) is 13.3 Å². The van der Waals surface area contributed by atoms with Crippen LogP contribution in [0.5, 0.6) is 5.75 Å². The van der Waals surface area contributed by atoms with E-state index in [4.69, 9.17) is 9.44 Å². The Balaban J connectivity index is 2.24. The molecular formula is C13H8N2O5S. The number of hydrogen-bond acceptors (Lipinski definition) is 6. The van der Waals surface area contributed by atoms with E-state index in [1.165, 1.54) is 36.4 Å². The van der Waals surface area contributed by atoms with Crippen LogP contribution in [0.3, 0.4) is 0 Å². The van der Waals surface area contributed by atoms with Crippen LogP contribution >= 0.6 is 0 Å². The van der Waals surface area contributed by atoms with Gasteiger partial charge in [0.1, 0.15) is 10.6 Å². The van der Waals surface area contributed by atoms with Gasteiger partial charge in [-0.2, -0.15) is 13.7 Å². The third-order valence-electron chi connectivity index (χ3n) is 2.53. The molecule has 0 aliphatic rings. The molecule has 0 aliphatic heterocycles. The van der Waals surface area contributed by atoms with Gasteiger partial charge in [-0.15, -0.1) is 0 Å². The topological polar surface area (TPSA) is 110 Å². The van der Waals surface area contributed by atoms with E-state index in [0.717, 1.165) is 12.1 Å². The molecule has 2 aromatic carbocycles. The maximum atomic E-state index is 12.0. The first kappa shape index (κ1) is 14.5. The number of benzene rings is 2. The molecule has 0 radical (unpaired) electrons. The van der Waals surface area contributed by atoms with Crippen LogP contribution in [0, 0.1) is 21.4 Å². The second-order valence-electron chi connectivity index (χ2n) is 3.92. The van der Waals surface area contributed by atoms with Crippen molar-refractivity contribution in [1.82, 2.24) is 0 Å². The van der Waals surface area contributed by atoms with Crippen molar-refractivity contribution in [3.05, 3.63) is 64.2 Å². The average molecular weight is 304 g/mol. The zero-order valence-electron chi connectivity index (χ0n) is 10.5. The van der Waals surface area contributed by atoms with Gasteiger partial charge in [0.2, 0.25) is 0 Å². The van der Waals surface area contributed by atoms with E-state index >= 15 is 0 Å². The largest absolute Gasteiger partial charge is 0.379 e. The van der Waals surface area contributed by atoms with Gasteiger partial charge in [0.05, 0.1) is 16.6 Å². The minimum absolute atomic E-state index is 0.0371. The standard InChI is InChI=1S/C13H8N2O5S/c14-9-10-1-7-13(8-2-10)21(18,19)20-12-5-3-11(4-6-12)15(16)17/h1-8H. The maximum Gasteiger partial charge on any atom is 0.339 e. The Morgan fingerprint density at radius 2 is 1.62 bits per heavy atom. The second kappa shape index (κ2) is 5.60. The van der Waals surface area contributed by atoms with Crippen molar-refractivity contribution in [1.29, 1.82) is 5.26 Å². The highest BCUT2D eigenvalue weighted by Gasteiger charge is 2.17. The van der Waals surface area contributed by atoms with Gasteiger partial charge in [-0.1, -0.05) is 0 Å². The van der Waals surface area contributed by atoms with Gasteiger partial charge in [0.15, 0.2) is 0 Å². The maximum absolute atomic E-state index is 12.0. The highest BCUT2D eigenvalue weighted by molar-refractivity contribution is 7.87. The Bertz CT molecular complexity index is 805. The fourth-order valence-electron chi connectivity index (χ4n) is 1.49. The average Bonchev–Trinajstić information content (AvgIpc) is 2.47. The van der Waals surface area contributed by atoms with E-state index < -0.39 is 15.0 Å². The van der Waals surface area contributed by atoms with Gasteiger partial charge >= 0.3 is 10.1 Å². The number of rotatable bonds is 4. The molecule has 0 heterocycles. The van der Waals surface area contributed by atoms with Gasteiger partial charge in [-0.3, -0.25) is 10.1 Å². The number of hydrogen-bond donors (Lipinski definition) is 0. The Labute approximate surface area is 120 Å². The molecule has 0 saturated heterocycles. The lowest BCUT2D eigenvalue weighted by molar-refractivity contribution is -0.384. The Morgan fingerprint density at radius 1 is 1.05 bits per heavy atom. The summed E-state index contributed by atoms with van der Waals surface area (Å²) in [6.45, 7) is 0. The van der Waals surface area contributed by atoms with Crippen LogP contribution in [0.15, 0.2) is 53.4 Å². The fourth-order valence-corrected chi connectivity index (χ4v) is 2.42. The zero-order chi connectivity index (χ0) is 15.5. The monoisotopic (exact) mass is 304 g/mol. The third kappa shape index (κ3) is 3.34. The molecule has 0 fully saturated rings. The van der Waals surface area contributed by atoms with E-state index in [1.807, 2.05) is 6.07 Å². The van der Waals surface area contributed by atoms with E-state index in [0.29, 0.717) is 5.56 Å². The molecule has 0 unspecified atom stereocenters. The molecule has 21 heavy (non-hydrogen) atoms. The van der Waals surface area contributed by atoms with Crippen molar-refractivity contribution in [2.45, 2.75) is 4.90 Å². The van der Waals surface area contributed by atoms with Gasteiger partial charge in [-0.05, 0) is 36.4 Å². The predicted octanol–water partition coefficient (Wildman–Crippen LogP) is 2.23. The van der Waals surface area contributed by atoms with Crippen molar-refractivity contribution < 1.29 is 17.5 Å². The molecule has 2 rings (SSSR count). The van der Waals surface area contributed by atoms with E-state index in [1.54, 1.807) is 0 Å². The van der Waals surface area contributed by atoms with Crippen molar-refractivity contribution in [3.8, 4) is 11.8 Å². The first-order valence-electron chi connectivity index (χ1n) is 5.61. The van der Waals surface area contributed by atoms with Gasteiger partial charge < -0.3 is 4.18 Å². The minimum atomic E-state index is -4.05. The lowest BCUT2D eigenvalue weighted by Gasteiger charge is -2.06. The number of non-ortho nitro benzene ring substituents is 1. The molecule has 0 aliphatic carbocycles. The molecule has 7 nitrogen and oxygen atoms in total. The summed E-state index contributed by atoms with van der Waals surface area (Å²) in [5.41, 5.74) is 0.155. The summed E-state index contributed by atoms with van der Waals surface area (Å²) >= 11 is 0. The molecule has 0 N–H and O–H groups in total. The summed E-state index contributed by atoms with van der Waals surface area (Å²) in [6, 6.07) is 11.8. The number of nitriles is 1. The van der Waals surface area contributed by atoms with Crippen molar-refractivity contribution in [2.24, 2.45) is 0 Å². The van der Waals surface area contributed by atoms with Crippen LogP contribution in [0.1, 0.15) is 5.56 Å². The fraction of sp³-hybridized carbons (Fsp3) is 0. The SMILES string of the molecule is N#Cc1ccc(S(=O)(=O)Oc2ccc([N+](=O)[O-])cc2)cc1. The molecule has 0 bridgehead atoms.